The van der Waals surface area contributed by atoms with Crippen molar-refractivity contribution in [1.82, 2.24) is 4.31 Å². The fraction of sp³-hybridized carbons (Fsp3) is 0.889. The second kappa shape index (κ2) is 5.76. The van der Waals surface area contributed by atoms with Gasteiger partial charge in [-0.05, 0) is 6.92 Å². The first-order chi connectivity index (χ1) is 7.93. The molecule has 0 amide bonds. The van der Waals surface area contributed by atoms with Gasteiger partial charge in [0.2, 0.25) is 10.0 Å². The minimum Gasteiger partial charge on any atom is -0.468 e. The molecule has 0 radical (unpaired) electrons. The van der Waals surface area contributed by atoms with E-state index in [-0.39, 0.29) is 26.3 Å². The van der Waals surface area contributed by atoms with E-state index < -0.39 is 27.3 Å². The van der Waals surface area contributed by atoms with Crippen LogP contribution in [-0.2, 0) is 24.3 Å². The highest BCUT2D eigenvalue weighted by molar-refractivity contribution is 7.90. The molecule has 1 aliphatic rings. The Morgan fingerprint density at radius 2 is 2.29 bits per heavy atom. The number of hydrogen-bond donors (Lipinski definition) is 1. The average molecular weight is 267 g/mol. The lowest BCUT2D eigenvalue weighted by Gasteiger charge is -2.32. The summed E-state index contributed by atoms with van der Waals surface area (Å²) in [6.07, 6.45) is -0.539. The summed E-state index contributed by atoms with van der Waals surface area (Å²) >= 11 is 0. The maximum absolute atomic E-state index is 12.0. The zero-order chi connectivity index (χ0) is 13.1. The van der Waals surface area contributed by atoms with Crippen molar-refractivity contribution in [3.63, 3.8) is 0 Å². The van der Waals surface area contributed by atoms with E-state index in [4.69, 9.17) is 9.84 Å². The van der Waals surface area contributed by atoms with Crippen LogP contribution in [0.15, 0.2) is 0 Å². The molecule has 0 aliphatic carbocycles. The van der Waals surface area contributed by atoms with Gasteiger partial charge in [-0.1, -0.05) is 0 Å². The van der Waals surface area contributed by atoms with Crippen LogP contribution in [0.3, 0.4) is 0 Å². The van der Waals surface area contributed by atoms with E-state index >= 15 is 0 Å². The van der Waals surface area contributed by atoms with E-state index in [1.165, 1.54) is 6.92 Å². The van der Waals surface area contributed by atoms with Crippen LogP contribution in [0, 0.1) is 0 Å². The van der Waals surface area contributed by atoms with Crippen molar-refractivity contribution in [3.8, 4) is 0 Å². The van der Waals surface area contributed by atoms with Crippen LogP contribution in [0.4, 0.5) is 0 Å². The van der Waals surface area contributed by atoms with Crippen LogP contribution in [0.2, 0.25) is 0 Å². The van der Waals surface area contributed by atoms with Gasteiger partial charge in [0.15, 0.2) is 5.25 Å². The molecule has 2 unspecified atom stereocenters. The second-order valence-electron chi connectivity index (χ2n) is 3.74. The summed E-state index contributed by atoms with van der Waals surface area (Å²) in [6, 6.07) is 0. The molecule has 1 rings (SSSR count). The lowest BCUT2D eigenvalue weighted by molar-refractivity contribution is -0.139. The Morgan fingerprint density at radius 1 is 1.65 bits per heavy atom. The van der Waals surface area contributed by atoms with Crippen molar-refractivity contribution in [2.75, 3.05) is 33.4 Å². The van der Waals surface area contributed by atoms with Crippen LogP contribution in [0.5, 0.6) is 0 Å². The molecule has 0 spiro atoms. The molecular formula is C9H17NO6S. The summed E-state index contributed by atoms with van der Waals surface area (Å²) in [4.78, 5) is 11.2. The fourth-order valence-electron chi connectivity index (χ4n) is 1.55. The molecule has 0 aromatic rings. The lowest BCUT2D eigenvalue weighted by Crippen LogP contribution is -2.50. The number of aliphatic hydroxyl groups excluding tert-OH is 1. The Balaban J connectivity index is 2.79. The van der Waals surface area contributed by atoms with Gasteiger partial charge in [-0.25, -0.2) is 8.42 Å². The van der Waals surface area contributed by atoms with Crippen molar-refractivity contribution < 1.29 is 27.8 Å². The van der Waals surface area contributed by atoms with E-state index in [2.05, 4.69) is 4.74 Å². The van der Waals surface area contributed by atoms with E-state index in [1.807, 2.05) is 0 Å². The molecule has 1 aliphatic heterocycles. The van der Waals surface area contributed by atoms with Gasteiger partial charge >= 0.3 is 5.97 Å². The highest BCUT2D eigenvalue weighted by Gasteiger charge is 2.37. The van der Waals surface area contributed by atoms with Gasteiger partial charge in [0.1, 0.15) is 0 Å². The maximum Gasteiger partial charge on any atom is 0.325 e. The third kappa shape index (κ3) is 3.15. The highest BCUT2D eigenvalue weighted by atomic mass is 32.2. The molecule has 1 fully saturated rings. The number of sulfonamides is 1. The van der Waals surface area contributed by atoms with Crippen LogP contribution in [0.25, 0.3) is 0 Å². The van der Waals surface area contributed by atoms with Gasteiger partial charge in [-0.2, -0.15) is 4.31 Å². The van der Waals surface area contributed by atoms with Gasteiger partial charge in [-0.15, -0.1) is 0 Å². The average Bonchev–Trinajstić information content (AvgIpc) is 2.36. The van der Waals surface area contributed by atoms with Gasteiger partial charge in [-0.3, -0.25) is 4.79 Å². The molecular weight excluding hydrogens is 250 g/mol. The number of morpholine rings is 1. The standard InChI is InChI=1S/C9H17NO6S/c1-7(9(12)15-2)17(13,14)10-3-4-16-8(5-10)6-11/h7-8,11H,3-6H2,1-2H3. The monoisotopic (exact) mass is 267 g/mol. The number of carbonyl (C=O) groups excluding carboxylic acids is 1. The van der Waals surface area contributed by atoms with Crippen molar-refractivity contribution >= 4 is 16.0 Å². The van der Waals surface area contributed by atoms with Crippen molar-refractivity contribution in [2.24, 2.45) is 0 Å². The summed E-state index contributed by atoms with van der Waals surface area (Å²) < 4.78 is 34.8. The molecule has 0 aromatic heterocycles. The van der Waals surface area contributed by atoms with E-state index in [9.17, 15) is 13.2 Å². The number of esters is 1. The molecule has 1 N–H and O–H groups in total. The molecule has 7 nitrogen and oxygen atoms in total. The number of methoxy groups -OCH3 is 1. The Hall–Kier alpha value is -0.700. The number of carbonyl (C=O) groups is 1. The topological polar surface area (TPSA) is 93.1 Å². The first kappa shape index (κ1) is 14.4. The molecule has 100 valence electrons. The zero-order valence-corrected chi connectivity index (χ0v) is 10.6. The summed E-state index contributed by atoms with van der Waals surface area (Å²) in [5.41, 5.74) is 0. The number of hydrogen-bond acceptors (Lipinski definition) is 6. The summed E-state index contributed by atoms with van der Waals surface area (Å²) in [5.74, 6) is -0.794. The number of nitrogens with zero attached hydrogens (tertiary/aromatic N) is 1. The van der Waals surface area contributed by atoms with Gasteiger partial charge in [0.05, 0.1) is 26.4 Å². The van der Waals surface area contributed by atoms with E-state index in [0.717, 1.165) is 11.4 Å². The third-order valence-corrected chi connectivity index (χ3v) is 4.78. The van der Waals surface area contributed by atoms with Crippen LogP contribution in [0.1, 0.15) is 6.92 Å². The highest BCUT2D eigenvalue weighted by Crippen LogP contribution is 2.15. The molecule has 8 heteroatoms. The molecule has 0 saturated carbocycles. The molecule has 2 atom stereocenters. The Kier molecular flexibility index (Phi) is 4.87. The lowest BCUT2D eigenvalue weighted by atomic mass is 10.3. The Morgan fingerprint density at radius 3 is 2.82 bits per heavy atom. The molecule has 17 heavy (non-hydrogen) atoms. The third-order valence-electron chi connectivity index (χ3n) is 2.64. The molecule has 1 heterocycles. The first-order valence-electron chi connectivity index (χ1n) is 5.22. The quantitative estimate of drug-likeness (QED) is 0.628. The van der Waals surface area contributed by atoms with Crippen molar-refractivity contribution in [2.45, 2.75) is 18.3 Å². The molecule has 1 saturated heterocycles. The number of rotatable bonds is 4. The summed E-state index contributed by atoms with van der Waals surface area (Å²) in [5, 5.41) is 7.68. The van der Waals surface area contributed by atoms with Crippen molar-refractivity contribution in [3.05, 3.63) is 0 Å². The van der Waals surface area contributed by atoms with Gasteiger partial charge in [0, 0.05) is 13.1 Å². The van der Waals surface area contributed by atoms with E-state index in [0.29, 0.717) is 0 Å². The second-order valence-corrected chi connectivity index (χ2v) is 6.00. The minimum absolute atomic E-state index is 0.0557. The largest absolute Gasteiger partial charge is 0.468 e. The smallest absolute Gasteiger partial charge is 0.325 e. The Labute approximate surface area is 100 Å². The predicted molar refractivity (Wildman–Crippen MR) is 58.8 cm³/mol. The van der Waals surface area contributed by atoms with Crippen LogP contribution in [-0.4, -0.2) is 68.6 Å². The zero-order valence-electron chi connectivity index (χ0n) is 9.83. The number of aliphatic hydroxyl groups is 1. The predicted octanol–water partition coefficient (Wildman–Crippen LogP) is -1.43. The molecule has 0 aromatic carbocycles. The van der Waals surface area contributed by atoms with Gasteiger partial charge < -0.3 is 14.6 Å². The Bertz CT molecular complexity index is 368. The SMILES string of the molecule is COC(=O)C(C)S(=O)(=O)N1CCOC(CO)C1. The van der Waals surface area contributed by atoms with Crippen molar-refractivity contribution in [1.29, 1.82) is 0 Å². The minimum atomic E-state index is -3.75. The van der Waals surface area contributed by atoms with Crippen LogP contribution >= 0.6 is 0 Å². The summed E-state index contributed by atoms with van der Waals surface area (Å²) in [7, 11) is -2.61. The summed E-state index contributed by atoms with van der Waals surface area (Å²) in [6.45, 7) is 1.47. The first-order valence-corrected chi connectivity index (χ1v) is 6.73. The maximum atomic E-state index is 12.0. The van der Waals surface area contributed by atoms with Crippen LogP contribution < -0.4 is 0 Å². The molecule has 0 bridgehead atoms. The number of ether oxygens (including phenoxy) is 2. The van der Waals surface area contributed by atoms with Gasteiger partial charge in [0.25, 0.3) is 0 Å². The normalized spacial score (nSPS) is 24.3. The van der Waals surface area contributed by atoms with E-state index in [1.54, 1.807) is 0 Å². The fourth-order valence-corrected chi connectivity index (χ4v) is 3.03.